The number of phenols is 2. The first-order valence-electron chi connectivity index (χ1n) is 6.07. The summed E-state index contributed by atoms with van der Waals surface area (Å²) in [5, 5.41) is 28.4. The van der Waals surface area contributed by atoms with Crippen LogP contribution in [-0.4, -0.2) is 44.7 Å². The molecule has 0 saturated carbocycles. The first-order valence-corrected chi connectivity index (χ1v) is 6.07. The van der Waals surface area contributed by atoms with Crippen LogP contribution in [-0.2, 0) is 4.79 Å². The number of carbonyl (C=O) groups excluding carboxylic acids is 1. The molecule has 1 saturated heterocycles. The Morgan fingerprint density at radius 1 is 1.16 bits per heavy atom. The Hall–Kier alpha value is -2.24. The predicted octanol–water partition coefficient (Wildman–Crippen LogP) is 1.18. The van der Waals surface area contributed by atoms with Crippen LogP contribution in [0.15, 0.2) is 18.2 Å². The molecule has 1 heterocycles. The molecule has 1 aliphatic rings. The van der Waals surface area contributed by atoms with E-state index in [-0.39, 0.29) is 17.1 Å². The van der Waals surface area contributed by atoms with E-state index in [9.17, 15) is 19.8 Å². The highest BCUT2D eigenvalue weighted by Gasteiger charge is 2.34. The van der Waals surface area contributed by atoms with Crippen molar-refractivity contribution in [2.24, 2.45) is 0 Å². The second-order valence-electron chi connectivity index (χ2n) is 4.52. The SMILES string of the molecule is O=C(O)[C@@H]1CCCCN1C(=O)c1c(O)cccc1O. The minimum Gasteiger partial charge on any atom is -0.507 e. The fourth-order valence-corrected chi connectivity index (χ4v) is 2.32. The zero-order valence-electron chi connectivity index (χ0n) is 10.2. The van der Waals surface area contributed by atoms with Crippen molar-refractivity contribution in [3.05, 3.63) is 23.8 Å². The minimum absolute atomic E-state index is 0.240. The molecule has 0 unspecified atom stereocenters. The zero-order valence-corrected chi connectivity index (χ0v) is 10.2. The maximum atomic E-state index is 12.3. The van der Waals surface area contributed by atoms with Crippen molar-refractivity contribution < 1.29 is 24.9 Å². The number of benzene rings is 1. The topological polar surface area (TPSA) is 98.1 Å². The molecule has 19 heavy (non-hydrogen) atoms. The van der Waals surface area contributed by atoms with Crippen molar-refractivity contribution in [1.29, 1.82) is 0 Å². The molecule has 1 aromatic carbocycles. The van der Waals surface area contributed by atoms with E-state index < -0.39 is 17.9 Å². The first-order chi connectivity index (χ1) is 9.02. The van der Waals surface area contributed by atoms with Gasteiger partial charge < -0.3 is 20.2 Å². The van der Waals surface area contributed by atoms with Crippen LogP contribution in [0.25, 0.3) is 0 Å². The third-order valence-corrected chi connectivity index (χ3v) is 3.28. The Morgan fingerprint density at radius 3 is 2.37 bits per heavy atom. The lowest BCUT2D eigenvalue weighted by Crippen LogP contribution is -2.48. The van der Waals surface area contributed by atoms with Crippen molar-refractivity contribution in [1.82, 2.24) is 4.90 Å². The molecular weight excluding hydrogens is 250 g/mol. The third kappa shape index (κ3) is 2.47. The van der Waals surface area contributed by atoms with E-state index in [1.807, 2.05) is 0 Å². The molecule has 0 radical (unpaired) electrons. The molecule has 0 bridgehead atoms. The van der Waals surface area contributed by atoms with Crippen molar-refractivity contribution >= 4 is 11.9 Å². The zero-order chi connectivity index (χ0) is 14.0. The largest absolute Gasteiger partial charge is 0.507 e. The van der Waals surface area contributed by atoms with Crippen LogP contribution in [0.4, 0.5) is 0 Å². The van der Waals surface area contributed by atoms with Crippen molar-refractivity contribution in [3.8, 4) is 11.5 Å². The number of phenolic OH excluding ortho intramolecular Hbond substituents is 2. The second-order valence-corrected chi connectivity index (χ2v) is 4.52. The van der Waals surface area contributed by atoms with Crippen LogP contribution >= 0.6 is 0 Å². The van der Waals surface area contributed by atoms with Gasteiger partial charge in [0.05, 0.1) is 0 Å². The van der Waals surface area contributed by atoms with E-state index in [2.05, 4.69) is 0 Å². The van der Waals surface area contributed by atoms with Crippen LogP contribution in [0.1, 0.15) is 29.6 Å². The molecule has 1 atom stereocenters. The predicted molar refractivity (Wildman–Crippen MR) is 66.1 cm³/mol. The van der Waals surface area contributed by atoms with Crippen molar-refractivity contribution in [2.75, 3.05) is 6.54 Å². The van der Waals surface area contributed by atoms with E-state index in [1.165, 1.54) is 23.1 Å². The number of piperidine rings is 1. The summed E-state index contributed by atoms with van der Waals surface area (Å²) in [6.45, 7) is 0.309. The van der Waals surface area contributed by atoms with Gasteiger partial charge in [0.25, 0.3) is 5.91 Å². The van der Waals surface area contributed by atoms with Gasteiger partial charge in [0.15, 0.2) is 0 Å². The standard InChI is InChI=1S/C13H15NO5/c15-9-5-3-6-10(16)11(9)12(17)14-7-2-1-4-8(14)13(18)19/h3,5-6,8,15-16H,1-2,4,7H2,(H,18,19)/t8-/m0/s1. The highest BCUT2D eigenvalue weighted by Crippen LogP contribution is 2.30. The number of hydrogen-bond acceptors (Lipinski definition) is 4. The number of aliphatic carboxylic acids is 1. The number of amides is 1. The number of nitrogens with zero attached hydrogens (tertiary/aromatic N) is 1. The van der Waals surface area contributed by atoms with Gasteiger partial charge >= 0.3 is 5.97 Å². The summed E-state index contributed by atoms with van der Waals surface area (Å²) >= 11 is 0. The number of likely N-dealkylation sites (tertiary alicyclic amines) is 1. The van der Waals surface area contributed by atoms with E-state index in [1.54, 1.807) is 0 Å². The molecular formula is C13H15NO5. The van der Waals surface area contributed by atoms with Crippen LogP contribution in [0.5, 0.6) is 11.5 Å². The minimum atomic E-state index is -1.07. The van der Waals surface area contributed by atoms with Gasteiger partial charge in [-0.05, 0) is 31.4 Å². The molecule has 1 amide bonds. The monoisotopic (exact) mass is 265 g/mol. The number of aromatic hydroxyl groups is 2. The Labute approximate surface area is 109 Å². The molecule has 2 rings (SSSR count). The summed E-state index contributed by atoms with van der Waals surface area (Å²) in [6.07, 6.45) is 1.84. The Balaban J connectivity index is 2.34. The van der Waals surface area contributed by atoms with Gasteiger partial charge in [-0.2, -0.15) is 0 Å². The molecule has 1 fully saturated rings. The van der Waals surface area contributed by atoms with Gasteiger partial charge in [-0.3, -0.25) is 4.79 Å². The Morgan fingerprint density at radius 2 is 1.79 bits per heavy atom. The summed E-state index contributed by atoms with van der Waals surface area (Å²) < 4.78 is 0. The van der Waals surface area contributed by atoms with E-state index in [0.717, 1.165) is 6.42 Å². The fraction of sp³-hybridized carbons (Fsp3) is 0.385. The average molecular weight is 265 g/mol. The van der Waals surface area contributed by atoms with Crippen molar-refractivity contribution in [2.45, 2.75) is 25.3 Å². The second kappa shape index (κ2) is 5.17. The quantitative estimate of drug-likeness (QED) is 0.745. The van der Waals surface area contributed by atoms with Gasteiger partial charge in [0.2, 0.25) is 0 Å². The number of carboxylic acids is 1. The van der Waals surface area contributed by atoms with Gasteiger partial charge in [0, 0.05) is 6.54 Å². The first kappa shape index (κ1) is 13.2. The smallest absolute Gasteiger partial charge is 0.326 e. The molecule has 1 aromatic rings. The maximum absolute atomic E-state index is 12.3. The average Bonchev–Trinajstić information content (AvgIpc) is 2.38. The normalized spacial score (nSPS) is 19.2. The van der Waals surface area contributed by atoms with Gasteiger partial charge in [-0.1, -0.05) is 6.07 Å². The highest BCUT2D eigenvalue weighted by molar-refractivity contribution is 6.01. The number of rotatable bonds is 2. The van der Waals surface area contributed by atoms with Gasteiger partial charge in [-0.25, -0.2) is 4.79 Å². The van der Waals surface area contributed by atoms with Crippen LogP contribution in [0.3, 0.4) is 0 Å². The number of carboxylic acid groups (broad SMARTS) is 1. The molecule has 0 aliphatic carbocycles. The Kier molecular flexibility index (Phi) is 3.59. The fourth-order valence-electron chi connectivity index (χ4n) is 2.32. The number of hydrogen-bond donors (Lipinski definition) is 3. The van der Waals surface area contributed by atoms with Gasteiger partial charge in [0.1, 0.15) is 23.1 Å². The molecule has 1 aliphatic heterocycles. The summed E-state index contributed by atoms with van der Waals surface area (Å²) in [5.41, 5.74) is -0.240. The van der Waals surface area contributed by atoms with Crippen LogP contribution in [0, 0.1) is 0 Å². The van der Waals surface area contributed by atoms with Crippen LogP contribution in [0.2, 0.25) is 0 Å². The summed E-state index contributed by atoms with van der Waals surface area (Å²) in [6, 6.07) is 3.08. The van der Waals surface area contributed by atoms with E-state index >= 15 is 0 Å². The maximum Gasteiger partial charge on any atom is 0.326 e. The van der Waals surface area contributed by atoms with Crippen LogP contribution < -0.4 is 0 Å². The number of carbonyl (C=O) groups is 2. The lowest BCUT2D eigenvalue weighted by Gasteiger charge is -2.33. The van der Waals surface area contributed by atoms with Gasteiger partial charge in [-0.15, -0.1) is 0 Å². The molecule has 102 valence electrons. The molecule has 6 heteroatoms. The lowest BCUT2D eigenvalue weighted by molar-refractivity contribution is -0.143. The third-order valence-electron chi connectivity index (χ3n) is 3.28. The summed E-state index contributed by atoms with van der Waals surface area (Å²) in [5.74, 6) is -2.41. The summed E-state index contributed by atoms with van der Waals surface area (Å²) in [7, 11) is 0. The molecule has 3 N–H and O–H groups in total. The van der Waals surface area contributed by atoms with Crippen molar-refractivity contribution in [3.63, 3.8) is 0 Å². The Bertz CT molecular complexity index is 494. The lowest BCUT2D eigenvalue weighted by atomic mass is 10.0. The highest BCUT2D eigenvalue weighted by atomic mass is 16.4. The molecule has 0 aromatic heterocycles. The molecule has 6 nitrogen and oxygen atoms in total. The van der Waals surface area contributed by atoms with E-state index in [0.29, 0.717) is 19.4 Å². The molecule has 0 spiro atoms. The summed E-state index contributed by atoms with van der Waals surface area (Å²) in [4.78, 5) is 24.6. The van der Waals surface area contributed by atoms with E-state index in [4.69, 9.17) is 5.11 Å².